The van der Waals surface area contributed by atoms with Crippen molar-refractivity contribution in [3.05, 3.63) is 35.7 Å². The van der Waals surface area contributed by atoms with Crippen molar-refractivity contribution in [3.63, 3.8) is 0 Å². The normalized spacial score (nSPS) is 20.7. The Balaban J connectivity index is 1.65. The van der Waals surface area contributed by atoms with Gasteiger partial charge in [-0.3, -0.25) is 0 Å². The number of ether oxygens (including phenoxy) is 2. The molecule has 0 saturated carbocycles. The summed E-state index contributed by atoms with van der Waals surface area (Å²) < 4.78 is 44.3. The summed E-state index contributed by atoms with van der Waals surface area (Å²) in [4.78, 5) is 0.209. The van der Waals surface area contributed by atoms with E-state index in [1.807, 2.05) is 19.9 Å². The molecule has 8 heteroatoms. The Hall–Kier alpha value is -2.06. The summed E-state index contributed by atoms with van der Waals surface area (Å²) in [5.74, 6) is 2.02. The number of rotatable bonds is 4. The Morgan fingerprint density at radius 3 is 2.65 bits per heavy atom. The molecule has 0 radical (unpaired) electrons. The summed E-state index contributed by atoms with van der Waals surface area (Å²) in [6.45, 7) is 5.38. The number of hydrogen-bond acceptors (Lipinski definition) is 6. The number of hydrogen-bond donors (Lipinski definition) is 0. The van der Waals surface area contributed by atoms with Crippen molar-refractivity contribution in [3.8, 4) is 11.5 Å². The van der Waals surface area contributed by atoms with Gasteiger partial charge in [-0.05, 0) is 25.0 Å². The largest absolute Gasteiger partial charge is 0.486 e. The number of fused-ring (bicyclic) bond motifs is 1. The van der Waals surface area contributed by atoms with E-state index >= 15 is 0 Å². The van der Waals surface area contributed by atoms with Crippen LogP contribution in [0.4, 0.5) is 0 Å². The monoisotopic (exact) mass is 378 g/mol. The van der Waals surface area contributed by atoms with Crippen molar-refractivity contribution < 1.29 is 22.4 Å². The minimum atomic E-state index is -3.66. The van der Waals surface area contributed by atoms with Crippen LogP contribution in [-0.4, -0.2) is 37.6 Å². The van der Waals surface area contributed by atoms with Gasteiger partial charge in [0.15, 0.2) is 11.5 Å². The first-order valence-corrected chi connectivity index (χ1v) is 10.3. The summed E-state index contributed by atoms with van der Waals surface area (Å²) in [5, 5.41) is 4.12. The molecule has 1 fully saturated rings. The fourth-order valence-electron chi connectivity index (χ4n) is 3.38. The number of nitrogens with zero attached hydrogens (tertiary/aromatic N) is 2. The van der Waals surface area contributed by atoms with E-state index in [-0.39, 0.29) is 16.9 Å². The molecule has 3 heterocycles. The first kappa shape index (κ1) is 17.4. The van der Waals surface area contributed by atoms with Crippen LogP contribution >= 0.6 is 0 Å². The van der Waals surface area contributed by atoms with Gasteiger partial charge in [-0.1, -0.05) is 19.0 Å². The zero-order valence-corrected chi connectivity index (χ0v) is 15.7. The second-order valence-corrected chi connectivity index (χ2v) is 8.78. The zero-order chi connectivity index (χ0) is 18.3. The van der Waals surface area contributed by atoms with Gasteiger partial charge in [0, 0.05) is 24.6 Å². The standard InChI is InChI=1S/C18H22N2O5S/c1-12(2)17-11-14(19-25-17)15-4-3-7-20(15)26(21,22)13-5-6-16-18(10-13)24-9-8-23-16/h5-6,10-12,15H,3-4,7-9H2,1-2H3/t15-/m1/s1. The van der Waals surface area contributed by atoms with Crippen molar-refractivity contribution >= 4 is 10.0 Å². The third-order valence-corrected chi connectivity index (χ3v) is 6.69. The molecular formula is C18H22N2O5S. The van der Waals surface area contributed by atoms with Crippen LogP contribution in [0.3, 0.4) is 0 Å². The molecule has 0 amide bonds. The van der Waals surface area contributed by atoms with Crippen LogP contribution < -0.4 is 9.47 Å². The highest BCUT2D eigenvalue weighted by atomic mass is 32.2. The Morgan fingerprint density at radius 1 is 1.15 bits per heavy atom. The number of benzene rings is 1. The van der Waals surface area contributed by atoms with Crippen molar-refractivity contribution in [2.75, 3.05) is 19.8 Å². The predicted octanol–water partition coefficient (Wildman–Crippen LogP) is 3.10. The average Bonchev–Trinajstić information content (AvgIpc) is 3.30. The lowest BCUT2D eigenvalue weighted by molar-refractivity contribution is 0.171. The van der Waals surface area contributed by atoms with E-state index in [1.54, 1.807) is 18.2 Å². The molecule has 0 unspecified atom stereocenters. The number of aromatic nitrogens is 1. The Bertz CT molecular complexity index is 906. The highest BCUT2D eigenvalue weighted by Crippen LogP contribution is 2.39. The van der Waals surface area contributed by atoms with Crippen LogP contribution in [0.25, 0.3) is 0 Å². The molecule has 2 aromatic rings. The maximum atomic E-state index is 13.2. The van der Waals surface area contributed by atoms with Crippen LogP contribution in [-0.2, 0) is 10.0 Å². The maximum Gasteiger partial charge on any atom is 0.243 e. The van der Waals surface area contributed by atoms with Gasteiger partial charge in [-0.2, -0.15) is 4.31 Å². The minimum absolute atomic E-state index is 0.209. The van der Waals surface area contributed by atoms with Crippen LogP contribution in [0.2, 0.25) is 0 Å². The molecule has 0 aliphatic carbocycles. The van der Waals surface area contributed by atoms with Gasteiger partial charge in [0.1, 0.15) is 24.7 Å². The highest BCUT2D eigenvalue weighted by molar-refractivity contribution is 7.89. The Morgan fingerprint density at radius 2 is 1.92 bits per heavy atom. The van der Waals surface area contributed by atoms with E-state index in [2.05, 4.69) is 5.16 Å². The van der Waals surface area contributed by atoms with Crippen LogP contribution in [0.15, 0.2) is 33.7 Å². The SMILES string of the molecule is CC(C)c1cc([C@H]2CCCN2S(=O)(=O)c2ccc3c(c2)OCCO3)no1. The quantitative estimate of drug-likeness (QED) is 0.813. The van der Waals surface area contributed by atoms with Gasteiger partial charge < -0.3 is 14.0 Å². The average molecular weight is 378 g/mol. The van der Waals surface area contributed by atoms with Crippen LogP contribution in [0, 0.1) is 0 Å². The van der Waals surface area contributed by atoms with E-state index in [9.17, 15) is 8.42 Å². The van der Waals surface area contributed by atoms with Gasteiger partial charge in [-0.25, -0.2) is 8.42 Å². The molecule has 1 aromatic carbocycles. The summed E-state index contributed by atoms with van der Waals surface area (Å²) in [6, 6.07) is 6.33. The molecule has 7 nitrogen and oxygen atoms in total. The van der Waals surface area contributed by atoms with Gasteiger partial charge >= 0.3 is 0 Å². The molecule has 0 bridgehead atoms. The highest BCUT2D eigenvalue weighted by Gasteiger charge is 2.38. The fraction of sp³-hybridized carbons (Fsp3) is 0.500. The van der Waals surface area contributed by atoms with E-state index in [0.717, 1.165) is 18.6 Å². The molecule has 1 aromatic heterocycles. The Kier molecular flexibility index (Phi) is 4.40. The zero-order valence-electron chi connectivity index (χ0n) is 14.8. The first-order valence-electron chi connectivity index (χ1n) is 8.85. The lowest BCUT2D eigenvalue weighted by Gasteiger charge is -2.24. The van der Waals surface area contributed by atoms with E-state index in [4.69, 9.17) is 14.0 Å². The van der Waals surface area contributed by atoms with Crippen LogP contribution in [0.1, 0.15) is 50.1 Å². The predicted molar refractivity (Wildman–Crippen MR) is 93.9 cm³/mol. The molecule has 2 aliphatic heterocycles. The molecule has 0 spiro atoms. The van der Waals surface area contributed by atoms with Crippen molar-refractivity contribution in [1.82, 2.24) is 9.46 Å². The molecule has 140 valence electrons. The fourth-order valence-corrected chi connectivity index (χ4v) is 5.06. The second kappa shape index (κ2) is 6.59. The van der Waals surface area contributed by atoms with Crippen molar-refractivity contribution in [1.29, 1.82) is 0 Å². The third-order valence-electron chi connectivity index (χ3n) is 4.78. The van der Waals surface area contributed by atoms with Gasteiger partial charge in [-0.15, -0.1) is 0 Å². The number of sulfonamides is 1. The molecule has 1 saturated heterocycles. The summed E-state index contributed by atoms with van der Waals surface area (Å²) in [5.41, 5.74) is 0.673. The third kappa shape index (κ3) is 2.97. The van der Waals surface area contributed by atoms with E-state index < -0.39 is 10.0 Å². The first-order chi connectivity index (χ1) is 12.5. The smallest absolute Gasteiger partial charge is 0.243 e. The minimum Gasteiger partial charge on any atom is -0.486 e. The van der Waals surface area contributed by atoms with Crippen molar-refractivity contribution in [2.45, 2.75) is 43.5 Å². The van der Waals surface area contributed by atoms with E-state index in [0.29, 0.717) is 37.0 Å². The topological polar surface area (TPSA) is 81.9 Å². The van der Waals surface area contributed by atoms with Crippen LogP contribution in [0.5, 0.6) is 11.5 Å². The molecular weight excluding hydrogens is 356 g/mol. The van der Waals surface area contributed by atoms with Gasteiger partial charge in [0.05, 0.1) is 10.9 Å². The summed E-state index contributed by atoms with van der Waals surface area (Å²) in [7, 11) is -3.66. The Labute approximate surface area is 152 Å². The molecule has 4 rings (SSSR count). The summed E-state index contributed by atoms with van der Waals surface area (Å²) in [6.07, 6.45) is 1.52. The maximum absolute atomic E-state index is 13.2. The molecule has 2 aliphatic rings. The molecule has 1 atom stereocenters. The molecule has 0 N–H and O–H groups in total. The lowest BCUT2D eigenvalue weighted by Crippen LogP contribution is -2.31. The van der Waals surface area contributed by atoms with Gasteiger partial charge in [0.2, 0.25) is 10.0 Å². The molecule has 26 heavy (non-hydrogen) atoms. The summed E-state index contributed by atoms with van der Waals surface area (Å²) >= 11 is 0. The van der Waals surface area contributed by atoms with Crippen molar-refractivity contribution in [2.24, 2.45) is 0 Å². The van der Waals surface area contributed by atoms with Gasteiger partial charge in [0.25, 0.3) is 0 Å². The second-order valence-electron chi connectivity index (χ2n) is 6.89. The van der Waals surface area contributed by atoms with E-state index in [1.165, 1.54) is 4.31 Å². The lowest BCUT2D eigenvalue weighted by atomic mass is 10.1.